The van der Waals surface area contributed by atoms with Crippen LogP contribution in [-0.4, -0.2) is 122 Å². The van der Waals surface area contributed by atoms with Gasteiger partial charge in [-0.1, -0.05) is 0 Å². The fourth-order valence-electron chi connectivity index (χ4n) is 4.50. The van der Waals surface area contributed by atoms with Gasteiger partial charge in [-0.3, -0.25) is 34.1 Å². The number of imide groups is 1. The zero-order valence-corrected chi connectivity index (χ0v) is 22.5. The Bertz CT molecular complexity index is 968. The van der Waals surface area contributed by atoms with Crippen molar-refractivity contribution in [2.24, 2.45) is 0 Å². The van der Waals surface area contributed by atoms with E-state index in [0.717, 1.165) is 13.8 Å². The summed E-state index contributed by atoms with van der Waals surface area (Å²) in [5.41, 5.74) is -10.3. The van der Waals surface area contributed by atoms with Crippen molar-refractivity contribution in [1.82, 2.24) is 5.32 Å². The smallest absolute Gasteiger partial charge is 0.283 e. The minimum Gasteiger partial charge on any atom is -0.396 e. The van der Waals surface area contributed by atoms with Gasteiger partial charge in [-0.2, -0.15) is 0 Å². The van der Waals surface area contributed by atoms with Gasteiger partial charge in [-0.05, 0) is 41.0 Å². The SMILES string of the molecule is CCOC(OCC[C@@H]1O[C@H](C(O)C(C)=O)[C@@](O)(C(C)=O)[C@@](O)(C(C)=O)[C@]1(O)C(C)=O)C(=O)NC(=O)CCCO. The van der Waals surface area contributed by atoms with E-state index in [4.69, 9.17) is 19.3 Å². The highest BCUT2D eigenvalue weighted by molar-refractivity contribution is 6.05. The third-order valence-electron chi connectivity index (χ3n) is 6.58. The number of Topliss-reactive ketones (excluding diaryl/α,β-unsaturated/α-hetero) is 4. The summed E-state index contributed by atoms with van der Waals surface area (Å²) in [5.74, 6) is -6.91. The van der Waals surface area contributed by atoms with Crippen molar-refractivity contribution in [2.75, 3.05) is 19.8 Å². The van der Waals surface area contributed by atoms with E-state index in [0.29, 0.717) is 13.8 Å². The number of rotatable bonds is 15. The number of hydrogen-bond donors (Lipinski definition) is 6. The van der Waals surface area contributed by atoms with Gasteiger partial charge in [0.2, 0.25) is 12.2 Å². The quantitative estimate of drug-likeness (QED) is 0.108. The summed E-state index contributed by atoms with van der Waals surface area (Å²) < 4.78 is 16.0. The van der Waals surface area contributed by atoms with Gasteiger partial charge in [-0.25, -0.2) is 0 Å². The molecule has 2 amide bonds. The van der Waals surface area contributed by atoms with Gasteiger partial charge >= 0.3 is 0 Å². The number of hydrogen-bond acceptors (Lipinski definition) is 14. The van der Waals surface area contributed by atoms with Gasteiger partial charge in [0, 0.05) is 26.1 Å². The molecule has 2 unspecified atom stereocenters. The lowest BCUT2D eigenvalue weighted by molar-refractivity contribution is -0.329. The van der Waals surface area contributed by atoms with Crippen molar-refractivity contribution in [3.63, 3.8) is 0 Å². The van der Waals surface area contributed by atoms with E-state index in [1.54, 1.807) is 0 Å². The van der Waals surface area contributed by atoms with Gasteiger partial charge in [-0.15, -0.1) is 0 Å². The van der Waals surface area contributed by atoms with Gasteiger partial charge in [0.15, 0.2) is 39.9 Å². The van der Waals surface area contributed by atoms with Crippen molar-refractivity contribution in [3.8, 4) is 0 Å². The first-order chi connectivity index (χ1) is 18.0. The Morgan fingerprint density at radius 2 is 1.49 bits per heavy atom. The maximum atomic E-state index is 12.7. The van der Waals surface area contributed by atoms with E-state index in [-0.39, 0.29) is 26.1 Å². The number of ether oxygens (including phenoxy) is 3. The van der Waals surface area contributed by atoms with Crippen LogP contribution in [-0.2, 0) is 43.0 Å². The molecule has 1 rings (SSSR count). The molecule has 1 heterocycles. The molecule has 1 fully saturated rings. The molecule has 0 aromatic rings. The van der Waals surface area contributed by atoms with Gasteiger partial charge in [0.25, 0.3) is 5.91 Å². The predicted molar refractivity (Wildman–Crippen MR) is 128 cm³/mol. The van der Waals surface area contributed by atoms with E-state index in [2.05, 4.69) is 0 Å². The number of nitrogens with one attached hydrogen (secondary N) is 1. The average molecular weight is 564 g/mol. The minimum absolute atomic E-state index is 0.0527. The fraction of sp³-hybridized carbons (Fsp3) is 0.750. The summed E-state index contributed by atoms with van der Waals surface area (Å²) in [6, 6.07) is 0. The van der Waals surface area contributed by atoms with Crippen LogP contribution in [0, 0.1) is 0 Å². The van der Waals surface area contributed by atoms with E-state index >= 15 is 0 Å². The molecule has 1 aliphatic rings. The first-order valence-electron chi connectivity index (χ1n) is 12.2. The molecule has 1 saturated heterocycles. The molecule has 1 aliphatic heterocycles. The van der Waals surface area contributed by atoms with Crippen molar-refractivity contribution in [2.45, 2.75) is 95.3 Å². The molecule has 0 bridgehead atoms. The second-order valence-corrected chi connectivity index (χ2v) is 9.20. The van der Waals surface area contributed by atoms with Gasteiger partial charge in [0.1, 0.15) is 12.2 Å². The second kappa shape index (κ2) is 13.7. The highest BCUT2D eigenvalue weighted by atomic mass is 16.7. The van der Waals surface area contributed by atoms with Crippen molar-refractivity contribution >= 4 is 34.9 Å². The standard InChI is InChI=1S/C24H37NO14/c1-6-37-21(20(33)25-17(31)8-7-10-26)38-11-9-16-22(34,13(3)28)24(36,15(5)30)23(35,14(4)29)19(39-16)18(32)12(2)27/h16,18-19,21,26,32,34-36H,6-11H2,1-5H3,(H,25,31,33)/t16-,18?,19+,21?,22-,23-,24+/m0/s1. The molecule has 7 atom stereocenters. The van der Waals surface area contributed by atoms with E-state index < -0.39 is 89.4 Å². The third-order valence-corrected chi connectivity index (χ3v) is 6.58. The number of carbonyl (C=O) groups is 6. The number of aliphatic hydroxyl groups excluding tert-OH is 2. The summed E-state index contributed by atoms with van der Waals surface area (Å²) in [5, 5.41) is 55.5. The molecule has 0 saturated carbocycles. The molecule has 0 radical (unpaired) electrons. The van der Waals surface area contributed by atoms with Crippen LogP contribution in [0.25, 0.3) is 0 Å². The Morgan fingerprint density at radius 1 is 0.923 bits per heavy atom. The molecular formula is C24H37NO14. The number of aliphatic hydroxyl groups is 5. The molecular weight excluding hydrogens is 526 g/mol. The number of ketones is 4. The van der Waals surface area contributed by atoms with Crippen LogP contribution in [0.1, 0.15) is 53.9 Å². The van der Waals surface area contributed by atoms with Crippen LogP contribution in [0.2, 0.25) is 0 Å². The van der Waals surface area contributed by atoms with Crippen LogP contribution < -0.4 is 5.32 Å². The normalized spacial score (nSPS) is 30.2. The van der Waals surface area contributed by atoms with E-state index in [1.165, 1.54) is 6.92 Å². The second-order valence-electron chi connectivity index (χ2n) is 9.20. The van der Waals surface area contributed by atoms with Crippen molar-refractivity contribution < 1.29 is 68.5 Å². The number of amides is 2. The summed E-state index contributed by atoms with van der Waals surface area (Å²) in [4.78, 5) is 74.2. The number of carbonyl (C=O) groups excluding carboxylic acids is 6. The highest BCUT2D eigenvalue weighted by Gasteiger charge is 2.78. The molecule has 222 valence electrons. The Labute approximate surface area is 224 Å². The molecule has 39 heavy (non-hydrogen) atoms. The lowest BCUT2D eigenvalue weighted by atomic mass is 9.58. The minimum atomic E-state index is -3.59. The Hall–Kier alpha value is -2.50. The summed E-state index contributed by atoms with van der Waals surface area (Å²) in [6.45, 7) is 3.59. The Balaban J connectivity index is 3.41. The largest absolute Gasteiger partial charge is 0.396 e. The van der Waals surface area contributed by atoms with Crippen LogP contribution in [0.4, 0.5) is 0 Å². The lowest BCUT2D eigenvalue weighted by Gasteiger charge is -2.58. The monoisotopic (exact) mass is 563 g/mol. The Kier molecular flexibility index (Phi) is 12.1. The molecule has 0 spiro atoms. The lowest BCUT2D eigenvalue weighted by Crippen LogP contribution is -2.87. The van der Waals surface area contributed by atoms with Crippen LogP contribution in [0.15, 0.2) is 0 Å². The highest BCUT2D eigenvalue weighted by Crippen LogP contribution is 2.48. The maximum Gasteiger partial charge on any atom is 0.283 e. The van der Waals surface area contributed by atoms with E-state index in [9.17, 15) is 49.2 Å². The molecule has 0 aromatic heterocycles. The van der Waals surface area contributed by atoms with Crippen LogP contribution in [0.5, 0.6) is 0 Å². The summed E-state index contributed by atoms with van der Waals surface area (Å²) >= 11 is 0. The molecule has 15 nitrogen and oxygen atoms in total. The molecule has 0 aliphatic carbocycles. The third kappa shape index (κ3) is 6.47. The summed E-state index contributed by atoms with van der Waals surface area (Å²) in [7, 11) is 0. The first kappa shape index (κ1) is 34.5. The van der Waals surface area contributed by atoms with Crippen molar-refractivity contribution in [1.29, 1.82) is 0 Å². The molecule has 0 aromatic carbocycles. The first-order valence-corrected chi connectivity index (χ1v) is 12.2. The predicted octanol–water partition coefficient (Wildman–Crippen LogP) is -3.15. The van der Waals surface area contributed by atoms with Crippen LogP contribution in [0.3, 0.4) is 0 Å². The average Bonchev–Trinajstić information content (AvgIpc) is 2.85. The Morgan fingerprint density at radius 3 is 1.92 bits per heavy atom. The van der Waals surface area contributed by atoms with Gasteiger partial charge in [0.05, 0.1) is 12.7 Å². The summed E-state index contributed by atoms with van der Waals surface area (Å²) in [6.07, 6.45) is -8.92. The van der Waals surface area contributed by atoms with Crippen LogP contribution >= 0.6 is 0 Å². The van der Waals surface area contributed by atoms with Gasteiger partial charge < -0.3 is 39.7 Å². The molecule has 6 N–H and O–H groups in total. The van der Waals surface area contributed by atoms with Crippen molar-refractivity contribution in [3.05, 3.63) is 0 Å². The maximum absolute atomic E-state index is 12.7. The van der Waals surface area contributed by atoms with E-state index in [1.807, 2.05) is 5.32 Å². The topological polar surface area (TPSA) is 243 Å². The zero-order valence-electron chi connectivity index (χ0n) is 22.5. The zero-order chi connectivity index (χ0) is 30.3. The molecule has 15 heteroatoms. The fourth-order valence-corrected chi connectivity index (χ4v) is 4.50.